The molecule has 4 heteroatoms. The second kappa shape index (κ2) is 6.27. The Bertz CT molecular complexity index is 761. The Morgan fingerprint density at radius 1 is 1.12 bits per heavy atom. The normalized spacial score (nSPS) is 23.5. The number of benzene rings is 2. The van der Waals surface area contributed by atoms with Crippen molar-refractivity contribution in [2.45, 2.75) is 31.5 Å². The zero-order chi connectivity index (χ0) is 16.5. The van der Waals surface area contributed by atoms with Crippen molar-refractivity contribution in [1.82, 2.24) is 4.90 Å². The van der Waals surface area contributed by atoms with Gasteiger partial charge in [-0.3, -0.25) is 4.79 Å². The molecule has 2 aromatic rings. The Kier molecular flexibility index (Phi) is 3.97. The quantitative estimate of drug-likeness (QED) is 0.740. The first-order valence-corrected chi connectivity index (χ1v) is 8.45. The zero-order valence-corrected chi connectivity index (χ0v) is 13.5. The van der Waals surface area contributed by atoms with E-state index in [0.29, 0.717) is 19.4 Å². The van der Waals surface area contributed by atoms with Gasteiger partial charge in [-0.05, 0) is 23.6 Å². The lowest BCUT2D eigenvalue weighted by atomic mass is 9.97. The van der Waals surface area contributed by atoms with E-state index in [1.807, 2.05) is 36.4 Å². The van der Waals surface area contributed by atoms with Crippen LogP contribution in [-0.4, -0.2) is 36.2 Å². The third-order valence-corrected chi connectivity index (χ3v) is 4.85. The predicted octanol–water partition coefficient (Wildman–Crippen LogP) is 3.62. The number of para-hydroxylation sites is 1. The molecule has 0 saturated carbocycles. The van der Waals surface area contributed by atoms with Crippen LogP contribution in [0.5, 0.6) is 5.75 Å². The number of nitrogens with zero attached hydrogens (tertiary/aromatic N) is 1. The highest BCUT2D eigenvalue weighted by atomic mass is 19.1. The molecule has 2 aromatic carbocycles. The third-order valence-electron chi connectivity index (χ3n) is 4.85. The molecule has 124 valence electrons. The van der Waals surface area contributed by atoms with Crippen molar-refractivity contribution < 1.29 is 13.9 Å². The Balaban J connectivity index is 1.75. The molecule has 0 aliphatic carbocycles. The average molecular weight is 325 g/mol. The van der Waals surface area contributed by atoms with Gasteiger partial charge in [0.15, 0.2) is 0 Å². The van der Waals surface area contributed by atoms with Crippen LogP contribution >= 0.6 is 0 Å². The molecule has 1 amide bonds. The summed E-state index contributed by atoms with van der Waals surface area (Å²) in [6.45, 7) is 0.523. The topological polar surface area (TPSA) is 29.5 Å². The highest BCUT2D eigenvalue weighted by molar-refractivity contribution is 5.77. The molecule has 2 atom stereocenters. The highest BCUT2D eigenvalue weighted by Crippen LogP contribution is 2.32. The van der Waals surface area contributed by atoms with Crippen LogP contribution in [0.2, 0.25) is 0 Å². The smallest absolute Gasteiger partial charge is 0.226 e. The van der Waals surface area contributed by atoms with Crippen LogP contribution < -0.4 is 4.74 Å². The SMILES string of the molecule is O=C1CCOc2ccccc2-c2cccc(c2)C[C@H]2C[C@@H](F)CN12. The van der Waals surface area contributed by atoms with Crippen molar-refractivity contribution in [3.63, 3.8) is 0 Å². The van der Waals surface area contributed by atoms with Crippen molar-refractivity contribution in [2.75, 3.05) is 13.2 Å². The lowest BCUT2D eigenvalue weighted by Gasteiger charge is -2.25. The predicted molar refractivity (Wildman–Crippen MR) is 90.7 cm³/mol. The summed E-state index contributed by atoms with van der Waals surface area (Å²) in [4.78, 5) is 14.2. The van der Waals surface area contributed by atoms with E-state index in [-0.39, 0.29) is 24.9 Å². The van der Waals surface area contributed by atoms with Crippen molar-refractivity contribution >= 4 is 5.91 Å². The molecule has 2 heterocycles. The number of halogens is 1. The number of hydrogen-bond acceptors (Lipinski definition) is 2. The monoisotopic (exact) mass is 325 g/mol. The summed E-state index contributed by atoms with van der Waals surface area (Å²) in [6.07, 6.45) is 0.479. The van der Waals surface area contributed by atoms with Gasteiger partial charge in [0.25, 0.3) is 0 Å². The second-order valence-electron chi connectivity index (χ2n) is 6.53. The minimum absolute atomic E-state index is 0.0191. The fraction of sp³-hybridized carbons (Fsp3) is 0.350. The van der Waals surface area contributed by atoms with Crippen LogP contribution in [0.25, 0.3) is 11.1 Å². The number of carbonyl (C=O) groups excluding carboxylic acids is 1. The Labute approximate surface area is 141 Å². The van der Waals surface area contributed by atoms with Crippen LogP contribution in [0, 0.1) is 0 Å². The first-order chi connectivity index (χ1) is 11.7. The molecule has 2 aliphatic heterocycles. The van der Waals surface area contributed by atoms with Crippen LogP contribution in [-0.2, 0) is 11.2 Å². The van der Waals surface area contributed by atoms with Gasteiger partial charge in [0.1, 0.15) is 11.9 Å². The molecule has 3 nitrogen and oxygen atoms in total. The van der Waals surface area contributed by atoms with E-state index in [9.17, 15) is 9.18 Å². The molecule has 2 aliphatic rings. The van der Waals surface area contributed by atoms with Crippen molar-refractivity contribution in [3.05, 3.63) is 54.1 Å². The van der Waals surface area contributed by atoms with Gasteiger partial charge in [0.2, 0.25) is 5.91 Å². The molecule has 2 bridgehead atoms. The summed E-state index contributed by atoms with van der Waals surface area (Å²) < 4.78 is 19.8. The molecule has 0 N–H and O–H groups in total. The minimum atomic E-state index is -0.926. The van der Waals surface area contributed by atoms with Gasteiger partial charge in [0, 0.05) is 18.0 Å². The van der Waals surface area contributed by atoms with E-state index in [2.05, 4.69) is 12.1 Å². The van der Waals surface area contributed by atoms with E-state index < -0.39 is 6.17 Å². The van der Waals surface area contributed by atoms with Gasteiger partial charge >= 0.3 is 0 Å². The van der Waals surface area contributed by atoms with Crippen LogP contribution in [0.15, 0.2) is 48.5 Å². The fourth-order valence-electron chi connectivity index (χ4n) is 3.72. The van der Waals surface area contributed by atoms with Gasteiger partial charge in [-0.15, -0.1) is 0 Å². The van der Waals surface area contributed by atoms with Gasteiger partial charge < -0.3 is 9.64 Å². The summed E-state index contributed by atoms with van der Waals surface area (Å²) in [7, 11) is 0. The molecule has 0 radical (unpaired) electrons. The molecule has 1 fully saturated rings. The minimum Gasteiger partial charge on any atom is -0.492 e. The number of hydrogen-bond donors (Lipinski definition) is 0. The maximum atomic E-state index is 13.9. The van der Waals surface area contributed by atoms with Crippen LogP contribution in [0.3, 0.4) is 0 Å². The summed E-state index contributed by atoms with van der Waals surface area (Å²) >= 11 is 0. The number of fused-ring (bicyclic) bond motifs is 5. The molecule has 1 saturated heterocycles. The summed E-state index contributed by atoms with van der Waals surface area (Å²) in [5.74, 6) is 0.763. The lowest BCUT2D eigenvalue weighted by molar-refractivity contribution is -0.132. The molecule has 0 aromatic heterocycles. The number of carbonyl (C=O) groups is 1. The molecule has 4 rings (SSSR count). The largest absolute Gasteiger partial charge is 0.492 e. The van der Waals surface area contributed by atoms with Crippen LogP contribution in [0.1, 0.15) is 18.4 Å². The second-order valence-corrected chi connectivity index (χ2v) is 6.53. The maximum Gasteiger partial charge on any atom is 0.226 e. The van der Waals surface area contributed by atoms with E-state index in [1.165, 1.54) is 0 Å². The first kappa shape index (κ1) is 15.2. The van der Waals surface area contributed by atoms with E-state index in [0.717, 1.165) is 22.4 Å². The fourth-order valence-corrected chi connectivity index (χ4v) is 3.72. The first-order valence-electron chi connectivity index (χ1n) is 8.45. The van der Waals surface area contributed by atoms with Gasteiger partial charge in [0.05, 0.1) is 19.6 Å². The van der Waals surface area contributed by atoms with Crippen molar-refractivity contribution in [1.29, 1.82) is 0 Å². The van der Waals surface area contributed by atoms with Crippen LogP contribution in [0.4, 0.5) is 4.39 Å². The van der Waals surface area contributed by atoms with E-state index in [1.54, 1.807) is 4.90 Å². The number of rotatable bonds is 0. The van der Waals surface area contributed by atoms with Gasteiger partial charge in [-0.25, -0.2) is 4.39 Å². The average Bonchev–Trinajstić information content (AvgIpc) is 2.95. The molecule has 0 unspecified atom stereocenters. The molecular weight excluding hydrogens is 305 g/mol. The lowest BCUT2D eigenvalue weighted by Crippen LogP contribution is -2.37. The number of alkyl halides is 1. The third kappa shape index (κ3) is 2.88. The van der Waals surface area contributed by atoms with Gasteiger partial charge in [-0.1, -0.05) is 42.5 Å². The summed E-state index contributed by atoms with van der Waals surface area (Å²) in [6, 6.07) is 16.1. The highest BCUT2D eigenvalue weighted by Gasteiger charge is 2.35. The number of amides is 1. The van der Waals surface area contributed by atoms with Gasteiger partial charge in [-0.2, -0.15) is 0 Å². The Morgan fingerprint density at radius 3 is 2.92 bits per heavy atom. The Morgan fingerprint density at radius 2 is 2.00 bits per heavy atom. The Hall–Kier alpha value is -2.36. The standard InChI is InChI=1S/C20H20FNO2/c21-16-12-17-11-14-4-3-5-15(10-14)18-6-1-2-7-19(18)24-9-8-20(23)22(17)13-16/h1-7,10,16-17H,8-9,11-13H2/t16-,17+/m1/s1. The van der Waals surface area contributed by atoms with Crippen molar-refractivity contribution in [3.8, 4) is 16.9 Å². The molecular formula is C20H20FNO2. The summed E-state index contributed by atoms with van der Waals surface area (Å²) in [5, 5.41) is 0. The summed E-state index contributed by atoms with van der Waals surface area (Å²) in [5.41, 5.74) is 3.25. The van der Waals surface area contributed by atoms with Crippen molar-refractivity contribution in [2.24, 2.45) is 0 Å². The van der Waals surface area contributed by atoms with E-state index in [4.69, 9.17) is 4.74 Å². The number of ether oxygens (including phenoxy) is 1. The molecule has 0 spiro atoms. The maximum absolute atomic E-state index is 13.9. The zero-order valence-electron chi connectivity index (χ0n) is 13.5. The van der Waals surface area contributed by atoms with E-state index >= 15 is 0 Å². The molecule has 24 heavy (non-hydrogen) atoms.